The van der Waals surface area contributed by atoms with Crippen LogP contribution in [0.1, 0.15) is 107 Å². The van der Waals surface area contributed by atoms with Gasteiger partial charge in [0.25, 0.3) is 0 Å². The smallest absolute Gasteiger partial charge is 0.0537 e. The Kier molecular flexibility index (Phi) is 16.1. The van der Waals surface area contributed by atoms with E-state index in [0.29, 0.717) is 0 Å². The summed E-state index contributed by atoms with van der Waals surface area (Å²) in [6, 6.07) is 35.5. The second-order valence-electron chi connectivity index (χ2n) is 10.9. The molecule has 0 aliphatic heterocycles. The third kappa shape index (κ3) is 9.18. The lowest BCUT2D eigenvalue weighted by Crippen LogP contribution is -1.99. The first-order valence-corrected chi connectivity index (χ1v) is 18.5. The molecule has 1 heterocycles. The van der Waals surface area contributed by atoms with E-state index in [4.69, 9.17) is 0 Å². The van der Waals surface area contributed by atoms with Crippen molar-refractivity contribution >= 4 is 24.3 Å². The minimum Gasteiger partial charge on any atom is -0.309 e. The van der Waals surface area contributed by atoms with Gasteiger partial charge in [0.15, 0.2) is 0 Å². The van der Waals surface area contributed by atoms with E-state index in [0.717, 1.165) is 19.3 Å². The maximum absolute atomic E-state index is 2.40. The van der Waals surface area contributed by atoms with Gasteiger partial charge in [0, 0.05) is 16.8 Å². The molecule has 2 aliphatic rings. The minimum absolute atomic E-state index is 0.914. The highest BCUT2D eigenvalue weighted by Gasteiger charge is 2.19. The van der Waals surface area contributed by atoms with E-state index in [1.54, 1.807) is 0 Å². The van der Waals surface area contributed by atoms with Gasteiger partial charge in [-0.05, 0) is 89.4 Å². The monoisotopic (exact) mass is 647 g/mol. The molecule has 0 amide bonds. The van der Waals surface area contributed by atoms with Crippen molar-refractivity contribution in [2.45, 2.75) is 81.6 Å². The molecule has 5 aromatic rings. The number of fused-ring (bicyclic) bond motifs is 3. The van der Waals surface area contributed by atoms with Crippen LogP contribution in [0, 0.1) is 6.92 Å². The van der Waals surface area contributed by atoms with Gasteiger partial charge in [0.1, 0.15) is 0 Å². The molecule has 0 unspecified atom stereocenters. The summed E-state index contributed by atoms with van der Waals surface area (Å²) in [5, 5.41) is 0. The van der Waals surface area contributed by atoms with Crippen molar-refractivity contribution in [1.29, 1.82) is 0 Å². The summed E-state index contributed by atoms with van der Waals surface area (Å²) < 4.78 is 2.40. The number of rotatable bonds is 5. The standard InChI is InChI=1S/C40H33N.4C2H6/c1-29-12-8-10-14-35(29)36-15-11-9-13-33(36)28-30-20-22-31(23-21-30)32-24-26-34(27-25-32)41-39-18-6-2-4-16-37(39)38-17-5-3-7-19-40(38)41;4*1-2/h4-27H,2-3,28H2,1H3;4*1-2H3. The van der Waals surface area contributed by atoms with Crippen LogP contribution in [0.3, 0.4) is 0 Å². The maximum atomic E-state index is 2.40. The first-order valence-electron chi connectivity index (χ1n) is 18.5. The van der Waals surface area contributed by atoms with Gasteiger partial charge in [-0.1, -0.05) is 177 Å². The molecular weight excluding hydrogens is 591 g/mol. The number of hydrogen-bond acceptors (Lipinski definition) is 0. The van der Waals surface area contributed by atoms with Gasteiger partial charge >= 0.3 is 0 Å². The fourth-order valence-electron chi connectivity index (χ4n) is 6.14. The highest BCUT2D eigenvalue weighted by atomic mass is 15.0. The molecular formula is C48H57N. The average molecular weight is 648 g/mol. The van der Waals surface area contributed by atoms with Crippen LogP contribution in [0.2, 0.25) is 0 Å². The number of allylic oxidation sites excluding steroid dienone is 4. The van der Waals surface area contributed by atoms with Crippen LogP contribution in [-0.2, 0) is 6.42 Å². The molecule has 49 heavy (non-hydrogen) atoms. The first-order chi connectivity index (χ1) is 24.3. The summed E-state index contributed by atoms with van der Waals surface area (Å²) in [4.78, 5) is 0. The van der Waals surface area contributed by atoms with Crippen LogP contribution in [0.5, 0.6) is 0 Å². The van der Waals surface area contributed by atoms with E-state index in [1.165, 1.54) is 67.1 Å². The molecule has 1 aromatic heterocycles. The van der Waals surface area contributed by atoms with Crippen molar-refractivity contribution in [3.05, 3.63) is 161 Å². The Morgan fingerprint density at radius 3 is 1.45 bits per heavy atom. The van der Waals surface area contributed by atoms with Crippen LogP contribution in [0.25, 0.3) is 52.2 Å². The second-order valence-corrected chi connectivity index (χ2v) is 10.9. The van der Waals surface area contributed by atoms with Gasteiger partial charge in [0.2, 0.25) is 0 Å². The summed E-state index contributed by atoms with van der Waals surface area (Å²) >= 11 is 0. The Hall–Kier alpha value is -4.88. The Morgan fingerprint density at radius 1 is 0.469 bits per heavy atom. The van der Waals surface area contributed by atoms with Gasteiger partial charge in [-0.2, -0.15) is 0 Å². The minimum atomic E-state index is 0.914. The van der Waals surface area contributed by atoms with Crippen LogP contribution in [0.4, 0.5) is 0 Å². The molecule has 0 N–H and O–H groups in total. The SMILES string of the molecule is CC.CC.CC.CC.Cc1ccccc1-c1ccccc1Cc1ccc(-c2ccc(-n3c4c(c5c3C=CCC=C5)C=CCC=C4)cc2)cc1. The zero-order valence-corrected chi connectivity index (χ0v) is 31.4. The Balaban J connectivity index is 0.000000760. The number of hydrogen-bond donors (Lipinski definition) is 0. The molecule has 0 saturated heterocycles. The summed E-state index contributed by atoms with van der Waals surface area (Å²) in [6.07, 6.45) is 21.0. The van der Waals surface area contributed by atoms with Crippen LogP contribution < -0.4 is 0 Å². The molecule has 2 aliphatic carbocycles. The molecule has 4 aromatic carbocycles. The lowest BCUT2D eigenvalue weighted by molar-refractivity contribution is 1.04. The molecule has 254 valence electrons. The van der Waals surface area contributed by atoms with E-state index in [1.807, 2.05) is 55.4 Å². The third-order valence-electron chi connectivity index (χ3n) is 8.25. The van der Waals surface area contributed by atoms with E-state index in [2.05, 4.69) is 157 Å². The topological polar surface area (TPSA) is 4.93 Å². The average Bonchev–Trinajstić information content (AvgIpc) is 3.40. The van der Waals surface area contributed by atoms with Crippen molar-refractivity contribution in [2.75, 3.05) is 0 Å². The maximum Gasteiger partial charge on any atom is 0.0537 e. The van der Waals surface area contributed by atoms with Crippen molar-refractivity contribution < 1.29 is 0 Å². The van der Waals surface area contributed by atoms with Gasteiger partial charge in [-0.25, -0.2) is 0 Å². The fraction of sp³-hybridized carbons (Fsp3) is 0.250. The molecule has 0 atom stereocenters. The second kappa shape index (κ2) is 20.5. The number of aromatic nitrogens is 1. The summed E-state index contributed by atoms with van der Waals surface area (Å²) in [5.41, 5.74) is 15.4. The first kappa shape index (κ1) is 38.6. The molecule has 1 heteroatoms. The third-order valence-corrected chi connectivity index (χ3v) is 8.25. The summed E-state index contributed by atoms with van der Waals surface area (Å²) in [7, 11) is 0. The molecule has 1 nitrogen and oxygen atoms in total. The molecule has 0 fully saturated rings. The Bertz CT molecular complexity index is 1790. The van der Waals surface area contributed by atoms with Crippen molar-refractivity contribution in [2.24, 2.45) is 0 Å². The van der Waals surface area contributed by atoms with Crippen molar-refractivity contribution in [3.63, 3.8) is 0 Å². The van der Waals surface area contributed by atoms with Gasteiger partial charge in [-0.15, -0.1) is 0 Å². The Labute approximate surface area is 298 Å². The zero-order valence-electron chi connectivity index (χ0n) is 31.4. The molecule has 0 saturated carbocycles. The highest BCUT2D eigenvalue weighted by Crippen LogP contribution is 2.35. The quantitative estimate of drug-likeness (QED) is 0.179. The van der Waals surface area contributed by atoms with Crippen LogP contribution >= 0.6 is 0 Å². The number of nitrogens with zero attached hydrogens (tertiary/aromatic N) is 1. The lowest BCUT2D eigenvalue weighted by Gasteiger charge is -2.13. The number of aryl methyl sites for hydroxylation is 1. The summed E-state index contributed by atoms with van der Waals surface area (Å²) in [5.74, 6) is 0. The predicted molar refractivity (Wildman–Crippen MR) is 221 cm³/mol. The zero-order chi connectivity index (χ0) is 35.6. The van der Waals surface area contributed by atoms with E-state index < -0.39 is 0 Å². The van der Waals surface area contributed by atoms with Crippen LogP contribution in [-0.4, -0.2) is 4.57 Å². The summed E-state index contributed by atoms with van der Waals surface area (Å²) in [6.45, 7) is 18.2. The molecule has 0 radical (unpaired) electrons. The predicted octanol–water partition coefficient (Wildman–Crippen LogP) is 14.7. The normalized spacial score (nSPS) is 11.8. The molecule has 0 spiro atoms. The molecule has 0 bridgehead atoms. The van der Waals surface area contributed by atoms with Crippen molar-refractivity contribution in [3.8, 4) is 27.9 Å². The van der Waals surface area contributed by atoms with Crippen LogP contribution in [0.15, 0.2) is 121 Å². The van der Waals surface area contributed by atoms with Crippen molar-refractivity contribution in [1.82, 2.24) is 4.57 Å². The van der Waals surface area contributed by atoms with Gasteiger partial charge in [0.05, 0.1) is 11.4 Å². The number of benzene rings is 4. The van der Waals surface area contributed by atoms with E-state index >= 15 is 0 Å². The Morgan fingerprint density at radius 2 is 0.918 bits per heavy atom. The fourth-order valence-corrected chi connectivity index (χ4v) is 6.14. The van der Waals surface area contributed by atoms with Gasteiger partial charge in [-0.3, -0.25) is 0 Å². The van der Waals surface area contributed by atoms with Gasteiger partial charge < -0.3 is 4.57 Å². The largest absolute Gasteiger partial charge is 0.309 e. The van der Waals surface area contributed by atoms with E-state index in [9.17, 15) is 0 Å². The highest BCUT2D eigenvalue weighted by molar-refractivity contribution is 5.83. The van der Waals surface area contributed by atoms with E-state index in [-0.39, 0.29) is 0 Å². The lowest BCUT2D eigenvalue weighted by atomic mass is 9.92. The molecule has 7 rings (SSSR count).